The fraction of sp³-hybridized carbons (Fsp3) is 0.138. The molecule has 0 aliphatic carbocycles. The number of hydrogen-bond acceptors (Lipinski definition) is 7. The molecule has 0 amide bonds. The lowest BCUT2D eigenvalue weighted by molar-refractivity contribution is 0.297. The van der Waals surface area contributed by atoms with Crippen LogP contribution < -0.4 is 19.8 Å². The first-order valence-electron chi connectivity index (χ1n) is 11.8. The fourth-order valence-electron chi connectivity index (χ4n) is 3.98. The lowest BCUT2D eigenvalue weighted by Crippen LogP contribution is -2.20. The minimum absolute atomic E-state index is 0.272. The molecule has 0 saturated heterocycles. The predicted molar refractivity (Wildman–Crippen MR) is 144 cm³/mol. The van der Waals surface area contributed by atoms with E-state index in [2.05, 4.69) is 11.7 Å². The van der Waals surface area contributed by atoms with Gasteiger partial charge in [-0.25, -0.2) is 4.98 Å². The lowest BCUT2D eigenvalue weighted by atomic mass is 10.2. The van der Waals surface area contributed by atoms with Crippen molar-refractivity contribution in [3.8, 4) is 28.8 Å². The summed E-state index contributed by atoms with van der Waals surface area (Å²) in [6.45, 7) is 6.40. The SMILES string of the molecule is C=CCOc1ccc(C=Nn2c(-c3cc4c(OC)cccc4o3)nc3ccccc3c2=O)cc1OCC. The van der Waals surface area contributed by atoms with Gasteiger partial charge in [0, 0.05) is 0 Å². The van der Waals surface area contributed by atoms with Crippen LogP contribution in [0.1, 0.15) is 12.5 Å². The number of hydrogen-bond donors (Lipinski definition) is 0. The second-order valence-electron chi connectivity index (χ2n) is 8.04. The Kier molecular flexibility index (Phi) is 6.72. The van der Waals surface area contributed by atoms with E-state index in [1.54, 1.807) is 55.8 Å². The Morgan fingerprint density at radius 3 is 2.68 bits per heavy atom. The monoisotopic (exact) mass is 495 g/mol. The Hall–Kier alpha value is -4.85. The maximum Gasteiger partial charge on any atom is 0.282 e. The van der Waals surface area contributed by atoms with E-state index in [9.17, 15) is 4.79 Å². The van der Waals surface area contributed by atoms with Gasteiger partial charge in [0.1, 0.15) is 17.9 Å². The summed E-state index contributed by atoms with van der Waals surface area (Å²) in [5.41, 5.74) is 1.56. The molecule has 8 nitrogen and oxygen atoms in total. The third-order valence-electron chi connectivity index (χ3n) is 5.66. The summed E-state index contributed by atoms with van der Waals surface area (Å²) in [7, 11) is 1.60. The van der Waals surface area contributed by atoms with E-state index in [0.29, 0.717) is 58.3 Å². The molecule has 0 atom stereocenters. The number of rotatable bonds is 9. The molecule has 2 aromatic heterocycles. The standard InChI is InChI=1S/C29H25N3O5/c1-4-15-36-25-14-13-19(16-26(25)35-5-2)18-30-32-28(31-22-10-7-6-9-20(22)29(32)33)27-17-21-23(34-3)11-8-12-24(21)37-27/h4,6-14,16-18H,1,5,15H2,2-3H3. The first-order chi connectivity index (χ1) is 18.1. The molecule has 0 aliphatic heterocycles. The Morgan fingerprint density at radius 2 is 1.86 bits per heavy atom. The average molecular weight is 496 g/mol. The van der Waals surface area contributed by atoms with Crippen molar-refractivity contribution in [2.75, 3.05) is 20.3 Å². The number of aromatic nitrogens is 2. The highest BCUT2D eigenvalue weighted by Gasteiger charge is 2.18. The van der Waals surface area contributed by atoms with Crippen LogP contribution in [0.3, 0.4) is 0 Å². The van der Waals surface area contributed by atoms with E-state index in [4.69, 9.17) is 23.6 Å². The molecule has 5 aromatic rings. The van der Waals surface area contributed by atoms with E-state index >= 15 is 0 Å². The smallest absolute Gasteiger partial charge is 0.282 e. The molecule has 0 radical (unpaired) electrons. The van der Waals surface area contributed by atoms with E-state index in [1.165, 1.54) is 4.68 Å². The summed E-state index contributed by atoms with van der Waals surface area (Å²) >= 11 is 0. The molecule has 186 valence electrons. The molecule has 3 aromatic carbocycles. The van der Waals surface area contributed by atoms with Crippen LogP contribution in [-0.4, -0.2) is 36.2 Å². The molecular formula is C29H25N3O5. The van der Waals surface area contributed by atoms with Gasteiger partial charge in [-0.05, 0) is 61.0 Å². The van der Waals surface area contributed by atoms with Gasteiger partial charge >= 0.3 is 0 Å². The van der Waals surface area contributed by atoms with E-state index in [1.807, 2.05) is 37.3 Å². The molecular weight excluding hydrogens is 470 g/mol. The fourth-order valence-corrected chi connectivity index (χ4v) is 3.98. The van der Waals surface area contributed by atoms with Gasteiger partial charge in [-0.15, -0.1) is 0 Å². The zero-order valence-electron chi connectivity index (χ0n) is 20.5. The zero-order valence-corrected chi connectivity index (χ0v) is 20.5. The lowest BCUT2D eigenvalue weighted by Gasteiger charge is -2.11. The molecule has 0 unspecified atom stereocenters. The van der Waals surface area contributed by atoms with Gasteiger partial charge in [-0.1, -0.05) is 30.9 Å². The van der Waals surface area contributed by atoms with Gasteiger partial charge in [0.2, 0.25) is 5.82 Å². The number of benzene rings is 3. The van der Waals surface area contributed by atoms with Crippen LogP contribution in [0.4, 0.5) is 0 Å². The first-order valence-corrected chi connectivity index (χ1v) is 11.8. The quantitative estimate of drug-likeness (QED) is 0.194. The van der Waals surface area contributed by atoms with E-state index in [0.717, 1.165) is 5.39 Å². The van der Waals surface area contributed by atoms with Crippen molar-refractivity contribution in [2.45, 2.75) is 6.92 Å². The summed E-state index contributed by atoms with van der Waals surface area (Å²) in [6, 6.07) is 19.9. The van der Waals surface area contributed by atoms with Crippen LogP contribution in [0.5, 0.6) is 17.2 Å². The highest BCUT2D eigenvalue weighted by atomic mass is 16.5. The van der Waals surface area contributed by atoms with Crippen molar-refractivity contribution in [1.82, 2.24) is 9.66 Å². The van der Waals surface area contributed by atoms with Crippen LogP contribution in [0.2, 0.25) is 0 Å². The summed E-state index contributed by atoms with van der Waals surface area (Å²) in [6.07, 6.45) is 3.24. The third kappa shape index (κ3) is 4.69. The molecule has 0 N–H and O–H groups in total. The molecule has 37 heavy (non-hydrogen) atoms. The molecule has 0 bridgehead atoms. The summed E-state index contributed by atoms with van der Waals surface area (Å²) in [5.74, 6) is 2.49. The normalized spacial score (nSPS) is 11.3. The number of nitrogens with zero attached hydrogens (tertiary/aromatic N) is 3. The zero-order chi connectivity index (χ0) is 25.8. The number of ether oxygens (including phenoxy) is 3. The largest absolute Gasteiger partial charge is 0.496 e. The minimum atomic E-state index is -0.319. The molecule has 5 rings (SSSR count). The van der Waals surface area contributed by atoms with Crippen molar-refractivity contribution < 1.29 is 18.6 Å². The van der Waals surface area contributed by atoms with Crippen molar-refractivity contribution >= 4 is 28.1 Å². The molecule has 0 spiro atoms. The van der Waals surface area contributed by atoms with Crippen molar-refractivity contribution in [2.24, 2.45) is 5.10 Å². The highest BCUT2D eigenvalue weighted by molar-refractivity contribution is 5.88. The Labute approximate surface area is 213 Å². The van der Waals surface area contributed by atoms with Gasteiger partial charge in [0.25, 0.3) is 5.56 Å². The first kappa shape index (κ1) is 23.9. The van der Waals surface area contributed by atoms with Crippen LogP contribution in [0, 0.1) is 0 Å². The van der Waals surface area contributed by atoms with Crippen LogP contribution in [0.25, 0.3) is 33.5 Å². The van der Waals surface area contributed by atoms with Crippen molar-refractivity contribution in [3.63, 3.8) is 0 Å². The third-order valence-corrected chi connectivity index (χ3v) is 5.66. The Morgan fingerprint density at radius 1 is 1.00 bits per heavy atom. The molecule has 0 saturated carbocycles. The minimum Gasteiger partial charge on any atom is -0.496 e. The Balaban J connectivity index is 1.64. The van der Waals surface area contributed by atoms with Crippen molar-refractivity contribution in [3.05, 3.63) is 95.3 Å². The van der Waals surface area contributed by atoms with Gasteiger partial charge in [0.05, 0.1) is 36.2 Å². The second kappa shape index (κ2) is 10.4. The van der Waals surface area contributed by atoms with Crippen LogP contribution >= 0.6 is 0 Å². The van der Waals surface area contributed by atoms with Gasteiger partial charge in [0.15, 0.2) is 17.3 Å². The molecule has 2 heterocycles. The maximum atomic E-state index is 13.5. The second-order valence-corrected chi connectivity index (χ2v) is 8.04. The number of fused-ring (bicyclic) bond motifs is 2. The maximum absolute atomic E-state index is 13.5. The van der Waals surface area contributed by atoms with Gasteiger partial charge in [-0.2, -0.15) is 9.78 Å². The summed E-state index contributed by atoms with van der Waals surface area (Å²) < 4.78 is 24.2. The summed E-state index contributed by atoms with van der Waals surface area (Å²) in [5, 5.41) is 5.74. The van der Waals surface area contributed by atoms with E-state index < -0.39 is 0 Å². The molecule has 8 heteroatoms. The van der Waals surface area contributed by atoms with Crippen molar-refractivity contribution in [1.29, 1.82) is 0 Å². The van der Waals surface area contributed by atoms with Gasteiger partial charge in [-0.3, -0.25) is 4.79 Å². The average Bonchev–Trinajstić information content (AvgIpc) is 3.36. The number of furan rings is 1. The Bertz CT molecular complexity index is 1680. The number of para-hydroxylation sites is 1. The molecule has 0 aliphatic rings. The summed E-state index contributed by atoms with van der Waals surface area (Å²) in [4.78, 5) is 18.2. The van der Waals surface area contributed by atoms with Crippen LogP contribution in [0.15, 0.2) is 93.7 Å². The van der Waals surface area contributed by atoms with Gasteiger partial charge < -0.3 is 18.6 Å². The number of methoxy groups -OCH3 is 1. The topological polar surface area (TPSA) is 88.1 Å². The predicted octanol–water partition coefficient (Wildman–Crippen LogP) is 5.66. The molecule has 0 fully saturated rings. The van der Waals surface area contributed by atoms with E-state index in [-0.39, 0.29) is 11.4 Å². The van der Waals surface area contributed by atoms with Crippen LogP contribution in [-0.2, 0) is 0 Å². The highest BCUT2D eigenvalue weighted by Crippen LogP contribution is 2.33.